The fourth-order valence-electron chi connectivity index (χ4n) is 3.30. The largest absolute Gasteiger partial charge is 0.382 e. The summed E-state index contributed by atoms with van der Waals surface area (Å²) in [5.41, 5.74) is 9.37. The van der Waals surface area contributed by atoms with Gasteiger partial charge in [0.05, 0.1) is 12.2 Å². The highest BCUT2D eigenvalue weighted by atomic mass is 15.4. The third-order valence-corrected chi connectivity index (χ3v) is 4.35. The molecule has 0 saturated carbocycles. The van der Waals surface area contributed by atoms with Gasteiger partial charge in [0, 0.05) is 6.54 Å². The summed E-state index contributed by atoms with van der Waals surface area (Å²) in [6, 6.07) is 13.1. The molecule has 5 nitrogen and oxygen atoms in total. The van der Waals surface area contributed by atoms with Crippen LogP contribution in [0.1, 0.15) is 30.0 Å². The van der Waals surface area contributed by atoms with Crippen molar-refractivity contribution in [3.05, 3.63) is 53.7 Å². The molecule has 1 unspecified atom stereocenters. The van der Waals surface area contributed by atoms with Crippen molar-refractivity contribution in [3.8, 4) is 0 Å². The van der Waals surface area contributed by atoms with Crippen LogP contribution in [0.5, 0.6) is 0 Å². The normalized spacial score (nSPS) is 18.2. The Hall–Kier alpha value is -2.56. The molecule has 4 rings (SSSR count). The summed E-state index contributed by atoms with van der Waals surface area (Å²) < 4.78 is 1.71. The van der Waals surface area contributed by atoms with E-state index in [2.05, 4.69) is 46.2 Å². The Morgan fingerprint density at radius 1 is 1.23 bits per heavy atom. The highest BCUT2D eigenvalue weighted by molar-refractivity contribution is 5.52. The van der Waals surface area contributed by atoms with Crippen molar-refractivity contribution in [3.63, 3.8) is 0 Å². The van der Waals surface area contributed by atoms with Crippen LogP contribution < -0.4 is 10.6 Å². The van der Waals surface area contributed by atoms with Gasteiger partial charge in [0.15, 0.2) is 5.65 Å². The molecule has 1 aromatic carbocycles. The second-order valence-electron chi connectivity index (χ2n) is 5.91. The van der Waals surface area contributed by atoms with E-state index in [-0.39, 0.29) is 0 Å². The van der Waals surface area contributed by atoms with Gasteiger partial charge in [-0.3, -0.25) is 0 Å². The van der Waals surface area contributed by atoms with Crippen LogP contribution in [0, 0.1) is 6.92 Å². The van der Waals surface area contributed by atoms with Gasteiger partial charge < -0.3 is 10.6 Å². The first-order valence-corrected chi connectivity index (χ1v) is 7.66. The van der Waals surface area contributed by atoms with Gasteiger partial charge in [0.1, 0.15) is 11.6 Å². The molecule has 2 N–H and O–H groups in total. The maximum atomic E-state index is 5.93. The highest BCUT2D eigenvalue weighted by Gasteiger charge is 2.27. The van der Waals surface area contributed by atoms with Crippen LogP contribution >= 0.6 is 0 Å². The molecule has 1 atom stereocenters. The number of imidazole rings is 1. The van der Waals surface area contributed by atoms with E-state index in [9.17, 15) is 0 Å². The van der Waals surface area contributed by atoms with Gasteiger partial charge in [-0.05, 0) is 37.5 Å². The van der Waals surface area contributed by atoms with Crippen molar-refractivity contribution >= 4 is 17.3 Å². The first-order valence-electron chi connectivity index (χ1n) is 7.66. The number of hydrogen-bond donors (Lipinski definition) is 1. The van der Waals surface area contributed by atoms with Gasteiger partial charge in [-0.15, -0.1) is 5.10 Å². The van der Waals surface area contributed by atoms with Crippen molar-refractivity contribution in [2.45, 2.75) is 25.8 Å². The van der Waals surface area contributed by atoms with E-state index in [1.165, 1.54) is 17.5 Å². The number of rotatable bonds is 2. The summed E-state index contributed by atoms with van der Waals surface area (Å²) in [6.07, 6.45) is 3.98. The Bertz CT molecular complexity index is 823. The van der Waals surface area contributed by atoms with E-state index in [1.807, 2.05) is 12.1 Å². The predicted octanol–water partition coefficient (Wildman–Crippen LogP) is 2.96. The molecule has 5 heteroatoms. The zero-order valence-corrected chi connectivity index (χ0v) is 12.6. The number of benzene rings is 1. The molecular weight excluding hydrogens is 274 g/mol. The highest BCUT2D eigenvalue weighted by Crippen LogP contribution is 2.35. The maximum absolute atomic E-state index is 5.93. The molecule has 0 amide bonds. The average Bonchev–Trinajstić information content (AvgIpc) is 3.14. The summed E-state index contributed by atoms with van der Waals surface area (Å²) in [5.74, 6) is 1.53. The molecule has 3 aromatic rings. The van der Waals surface area contributed by atoms with E-state index in [0.29, 0.717) is 11.9 Å². The van der Waals surface area contributed by atoms with Gasteiger partial charge in [-0.2, -0.15) is 4.52 Å². The number of aromatic nitrogens is 3. The Kier molecular flexibility index (Phi) is 2.99. The molecule has 3 heterocycles. The lowest BCUT2D eigenvalue weighted by molar-refractivity contribution is 0.702. The molecule has 22 heavy (non-hydrogen) atoms. The molecule has 2 aromatic heterocycles. The van der Waals surface area contributed by atoms with E-state index >= 15 is 0 Å². The molecule has 1 aliphatic heterocycles. The minimum absolute atomic E-state index is 0.384. The lowest BCUT2D eigenvalue weighted by Crippen LogP contribution is -2.24. The Labute approximate surface area is 129 Å². The number of hydrogen-bond acceptors (Lipinski definition) is 4. The Morgan fingerprint density at radius 2 is 2.14 bits per heavy atom. The maximum Gasteiger partial charge on any atom is 0.156 e. The van der Waals surface area contributed by atoms with Crippen molar-refractivity contribution in [1.82, 2.24) is 14.6 Å². The fourth-order valence-corrected chi connectivity index (χ4v) is 3.30. The quantitative estimate of drug-likeness (QED) is 0.789. The molecule has 0 bridgehead atoms. The molecular formula is C17H19N5. The molecule has 1 aliphatic rings. The number of nitrogens with two attached hydrogens (primary N) is 1. The van der Waals surface area contributed by atoms with Crippen molar-refractivity contribution in [2.24, 2.45) is 0 Å². The SMILES string of the molecule is Cc1cccc(C2CCCN2c2ccc3ncc(N)n3n2)c1. The molecule has 0 spiro atoms. The molecule has 0 radical (unpaired) electrons. The molecule has 1 saturated heterocycles. The first-order chi connectivity index (χ1) is 10.7. The van der Waals surface area contributed by atoms with Crippen molar-refractivity contribution < 1.29 is 0 Å². The van der Waals surface area contributed by atoms with E-state index in [4.69, 9.17) is 5.73 Å². The van der Waals surface area contributed by atoms with Crippen LogP contribution in [-0.4, -0.2) is 21.1 Å². The molecule has 0 aliphatic carbocycles. The van der Waals surface area contributed by atoms with Crippen LogP contribution in [-0.2, 0) is 0 Å². The van der Waals surface area contributed by atoms with Gasteiger partial charge in [-0.1, -0.05) is 29.8 Å². The monoisotopic (exact) mass is 293 g/mol. The van der Waals surface area contributed by atoms with Crippen LogP contribution in [0.15, 0.2) is 42.6 Å². The summed E-state index contributed by atoms with van der Waals surface area (Å²) in [5, 5.41) is 4.67. The van der Waals surface area contributed by atoms with Gasteiger partial charge >= 0.3 is 0 Å². The van der Waals surface area contributed by atoms with Crippen molar-refractivity contribution in [2.75, 3.05) is 17.2 Å². The Balaban J connectivity index is 1.74. The van der Waals surface area contributed by atoms with E-state index in [1.54, 1.807) is 10.7 Å². The summed E-state index contributed by atoms with van der Waals surface area (Å²) >= 11 is 0. The number of nitrogen functional groups attached to an aromatic ring is 1. The van der Waals surface area contributed by atoms with Crippen LogP contribution in [0.25, 0.3) is 5.65 Å². The summed E-state index contributed by atoms with van der Waals surface area (Å²) in [4.78, 5) is 6.60. The zero-order valence-electron chi connectivity index (χ0n) is 12.6. The lowest BCUT2D eigenvalue weighted by Gasteiger charge is -2.26. The standard InChI is InChI=1S/C17H19N5/c1-12-4-2-5-13(10-12)14-6-3-9-21(14)17-8-7-16-19-11-15(18)22(16)20-17/h2,4-5,7-8,10-11,14H,3,6,9,18H2,1H3. The number of fused-ring (bicyclic) bond motifs is 1. The van der Waals surface area contributed by atoms with E-state index < -0.39 is 0 Å². The third kappa shape index (κ3) is 2.09. The second-order valence-corrected chi connectivity index (χ2v) is 5.91. The van der Waals surface area contributed by atoms with E-state index in [0.717, 1.165) is 24.4 Å². The van der Waals surface area contributed by atoms with Crippen molar-refractivity contribution in [1.29, 1.82) is 0 Å². The van der Waals surface area contributed by atoms with Crippen LogP contribution in [0.2, 0.25) is 0 Å². The molecule has 112 valence electrons. The molecule has 1 fully saturated rings. The first kappa shape index (κ1) is 13.1. The summed E-state index contributed by atoms with van der Waals surface area (Å²) in [7, 11) is 0. The Morgan fingerprint density at radius 3 is 3.00 bits per heavy atom. The van der Waals surface area contributed by atoms with Gasteiger partial charge in [-0.25, -0.2) is 4.98 Å². The van der Waals surface area contributed by atoms with Gasteiger partial charge in [0.2, 0.25) is 0 Å². The fraction of sp³-hybridized carbons (Fsp3) is 0.294. The van der Waals surface area contributed by atoms with Gasteiger partial charge in [0.25, 0.3) is 0 Å². The second kappa shape index (κ2) is 5.02. The predicted molar refractivity (Wildman–Crippen MR) is 87.9 cm³/mol. The minimum atomic E-state index is 0.384. The minimum Gasteiger partial charge on any atom is -0.382 e. The summed E-state index contributed by atoms with van der Waals surface area (Å²) in [6.45, 7) is 3.16. The topological polar surface area (TPSA) is 59.5 Å². The van der Waals surface area contributed by atoms with Crippen LogP contribution in [0.4, 0.5) is 11.6 Å². The number of anilines is 2. The average molecular weight is 293 g/mol. The smallest absolute Gasteiger partial charge is 0.156 e. The lowest BCUT2D eigenvalue weighted by atomic mass is 10.0. The number of aryl methyl sites for hydroxylation is 1. The van der Waals surface area contributed by atoms with Crippen LogP contribution in [0.3, 0.4) is 0 Å². The number of nitrogens with zero attached hydrogens (tertiary/aromatic N) is 4. The third-order valence-electron chi connectivity index (χ3n) is 4.35. The zero-order chi connectivity index (χ0) is 15.1.